The maximum atomic E-state index is 14.0. The lowest BCUT2D eigenvalue weighted by molar-refractivity contribution is 0.245. The molecule has 1 N–H and O–H groups in total. The number of furan rings is 1. The maximum absolute atomic E-state index is 14.0. The van der Waals surface area contributed by atoms with Crippen LogP contribution in [0.2, 0.25) is 0 Å². The molecule has 0 spiro atoms. The minimum Gasteiger partial charge on any atom is -0.468 e. The zero-order valence-electron chi connectivity index (χ0n) is 12.4. The van der Waals surface area contributed by atoms with E-state index >= 15 is 0 Å². The molecule has 2 atom stereocenters. The van der Waals surface area contributed by atoms with Crippen LogP contribution >= 0.6 is 15.9 Å². The van der Waals surface area contributed by atoms with Crippen molar-refractivity contribution in [2.24, 2.45) is 0 Å². The average molecular weight is 355 g/mol. The van der Waals surface area contributed by atoms with Crippen molar-refractivity contribution in [3.63, 3.8) is 0 Å². The number of nitrogens with one attached hydrogen (secondary N) is 1. The van der Waals surface area contributed by atoms with E-state index in [0.29, 0.717) is 12.1 Å². The predicted molar refractivity (Wildman–Crippen MR) is 85.7 cm³/mol. The Bertz CT molecular complexity index is 572. The molecule has 1 aromatic carbocycles. The first-order chi connectivity index (χ1) is 9.99. The molecule has 0 saturated carbocycles. The van der Waals surface area contributed by atoms with Gasteiger partial charge in [0.2, 0.25) is 0 Å². The topological polar surface area (TPSA) is 28.4 Å². The molecule has 0 aliphatic heterocycles. The molecule has 0 amide bonds. The molecular formula is C16H20BrFN2O. The maximum Gasteiger partial charge on any atom is 0.129 e. The fraction of sp³-hybridized carbons (Fsp3) is 0.375. The summed E-state index contributed by atoms with van der Waals surface area (Å²) in [5.74, 6) is 0.694. The standard InChI is InChI=1S/C16H20BrFN2O/c1-11(13-7-6-12(17)9-14(13)18)19-10-15(20(2)3)16-5-4-8-21-16/h4-9,11,15,19H,10H2,1-3H3. The Hall–Kier alpha value is -1.17. The molecule has 0 aliphatic rings. The van der Waals surface area contributed by atoms with E-state index in [4.69, 9.17) is 4.42 Å². The Labute approximate surface area is 133 Å². The monoisotopic (exact) mass is 354 g/mol. The van der Waals surface area contributed by atoms with Crippen molar-refractivity contribution in [3.05, 3.63) is 58.2 Å². The molecule has 2 aromatic rings. The summed E-state index contributed by atoms with van der Waals surface area (Å²) in [7, 11) is 4.00. The molecule has 1 aromatic heterocycles. The number of hydrogen-bond donors (Lipinski definition) is 1. The lowest BCUT2D eigenvalue weighted by Gasteiger charge is -2.25. The van der Waals surface area contributed by atoms with Crippen LogP contribution in [0.4, 0.5) is 4.39 Å². The van der Waals surface area contributed by atoms with Crippen LogP contribution in [0, 0.1) is 5.82 Å². The lowest BCUT2D eigenvalue weighted by atomic mass is 10.1. The number of halogens is 2. The number of nitrogens with zero attached hydrogens (tertiary/aromatic N) is 1. The van der Waals surface area contributed by atoms with Gasteiger partial charge in [-0.2, -0.15) is 0 Å². The predicted octanol–water partition coefficient (Wildman–Crippen LogP) is 4.13. The van der Waals surface area contributed by atoms with Gasteiger partial charge < -0.3 is 9.73 Å². The van der Waals surface area contributed by atoms with Gasteiger partial charge in [0.15, 0.2) is 0 Å². The zero-order chi connectivity index (χ0) is 15.4. The van der Waals surface area contributed by atoms with Gasteiger partial charge in [-0.1, -0.05) is 22.0 Å². The first-order valence-electron chi connectivity index (χ1n) is 6.87. The van der Waals surface area contributed by atoms with Gasteiger partial charge in [0, 0.05) is 22.6 Å². The lowest BCUT2D eigenvalue weighted by Crippen LogP contribution is -2.32. The Morgan fingerprint density at radius 2 is 2.10 bits per heavy atom. The third kappa shape index (κ3) is 4.15. The van der Waals surface area contributed by atoms with E-state index in [9.17, 15) is 4.39 Å². The van der Waals surface area contributed by atoms with E-state index in [0.717, 1.165) is 10.2 Å². The molecule has 0 aliphatic carbocycles. The zero-order valence-corrected chi connectivity index (χ0v) is 14.0. The molecule has 0 bridgehead atoms. The molecule has 2 unspecified atom stereocenters. The highest BCUT2D eigenvalue weighted by atomic mass is 79.9. The molecule has 114 valence electrons. The van der Waals surface area contributed by atoms with Crippen molar-refractivity contribution >= 4 is 15.9 Å². The smallest absolute Gasteiger partial charge is 0.129 e. The van der Waals surface area contributed by atoms with Crippen molar-refractivity contribution in [3.8, 4) is 0 Å². The van der Waals surface area contributed by atoms with E-state index in [1.807, 2.05) is 39.2 Å². The van der Waals surface area contributed by atoms with Gasteiger partial charge in [-0.25, -0.2) is 4.39 Å². The number of hydrogen-bond acceptors (Lipinski definition) is 3. The average Bonchev–Trinajstić information content (AvgIpc) is 2.92. The van der Waals surface area contributed by atoms with Gasteiger partial charge in [0.25, 0.3) is 0 Å². The van der Waals surface area contributed by atoms with Crippen molar-refractivity contribution in [1.82, 2.24) is 10.2 Å². The van der Waals surface area contributed by atoms with Crippen molar-refractivity contribution in [2.45, 2.75) is 19.0 Å². The van der Waals surface area contributed by atoms with E-state index in [-0.39, 0.29) is 17.9 Å². The second-order valence-corrected chi connectivity index (χ2v) is 6.21. The van der Waals surface area contributed by atoms with Gasteiger partial charge in [0.1, 0.15) is 11.6 Å². The quantitative estimate of drug-likeness (QED) is 0.845. The van der Waals surface area contributed by atoms with Gasteiger partial charge in [-0.3, -0.25) is 4.90 Å². The van der Waals surface area contributed by atoms with E-state index < -0.39 is 0 Å². The summed E-state index contributed by atoms with van der Waals surface area (Å²) in [4.78, 5) is 2.08. The minimum atomic E-state index is -0.205. The van der Waals surface area contributed by atoms with Crippen LogP contribution < -0.4 is 5.32 Å². The molecule has 3 nitrogen and oxygen atoms in total. The Morgan fingerprint density at radius 1 is 1.33 bits per heavy atom. The molecule has 0 saturated heterocycles. The highest BCUT2D eigenvalue weighted by Gasteiger charge is 2.19. The summed E-state index contributed by atoms with van der Waals surface area (Å²) in [5.41, 5.74) is 0.662. The van der Waals surface area contributed by atoms with Crippen LogP contribution in [0.15, 0.2) is 45.5 Å². The van der Waals surface area contributed by atoms with E-state index in [1.165, 1.54) is 6.07 Å². The van der Waals surface area contributed by atoms with Crippen LogP contribution in [0.25, 0.3) is 0 Å². The normalized spacial score (nSPS) is 14.4. The molecule has 2 rings (SSSR count). The SMILES string of the molecule is CC(NCC(c1ccco1)N(C)C)c1ccc(Br)cc1F. The Kier molecular flexibility index (Phi) is 5.56. The summed E-state index contributed by atoms with van der Waals surface area (Å²) in [5, 5.41) is 3.37. The highest BCUT2D eigenvalue weighted by Crippen LogP contribution is 2.23. The second kappa shape index (κ2) is 7.20. The summed E-state index contributed by atoms with van der Waals surface area (Å²) in [6, 6.07) is 9.02. The third-order valence-electron chi connectivity index (χ3n) is 3.54. The third-order valence-corrected chi connectivity index (χ3v) is 4.03. The van der Waals surface area contributed by atoms with E-state index in [2.05, 4.69) is 26.1 Å². The van der Waals surface area contributed by atoms with Gasteiger partial charge in [-0.15, -0.1) is 0 Å². The summed E-state index contributed by atoms with van der Waals surface area (Å²) >= 11 is 3.27. The van der Waals surface area contributed by atoms with Crippen molar-refractivity contribution in [2.75, 3.05) is 20.6 Å². The van der Waals surface area contributed by atoms with Crippen LogP contribution in [0.1, 0.15) is 30.3 Å². The fourth-order valence-corrected chi connectivity index (χ4v) is 2.60. The summed E-state index contributed by atoms with van der Waals surface area (Å²) < 4.78 is 20.2. The highest BCUT2D eigenvalue weighted by molar-refractivity contribution is 9.10. The largest absolute Gasteiger partial charge is 0.468 e. The Balaban J connectivity index is 2.03. The number of benzene rings is 1. The van der Waals surface area contributed by atoms with Gasteiger partial charge in [0.05, 0.1) is 12.3 Å². The van der Waals surface area contributed by atoms with Crippen LogP contribution in [0.5, 0.6) is 0 Å². The van der Waals surface area contributed by atoms with Crippen LogP contribution in [0.3, 0.4) is 0 Å². The van der Waals surface area contributed by atoms with Crippen LogP contribution in [-0.4, -0.2) is 25.5 Å². The minimum absolute atomic E-state index is 0.0736. The Morgan fingerprint density at radius 3 is 2.67 bits per heavy atom. The first-order valence-corrected chi connectivity index (χ1v) is 7.66. The van der Waals surface area contributed by atoms with E-state index in [1.54, 1.807) is 12.3 Å². The van der Waals surface area contributed by atoms with Crippen molar-refractivity contribution in [1.29, 1.82) is 0 Å². The molecule has 21 heavy (non-hydrogen) atoms. The second-order valence-electron chi connectivity index (χ2n) is 5.29. The molecule has 5 heteroatoms. The number of rotatable bonds is 6. The summed E-state index contributed by atoms with van der Waals surface area (Å²) in [6.45, 7) is 2.64. The first kappa shape index (κ1) is 16.2. The number of likely N-dealkylation sites (N-methyl/N-ethyl adjacent to an activating group) is 1. The molecule has 0 fully saturated rings. The summed E-state index contributed by atoms with van der Waals surface area (Å²) in [6.07, 6.45) is 1.67. The molecule has 1 heterocycles. The van der Waals surface area contributed by atoms with Crippen molar-refractivity contribution < 1.29 is 8.81 Å². The van der Waals surface area contributed by atoms with Crippen LogP contribution in [-0.2, 0) is 0 Å². The molecular weight excluding hydrogens is 335 g/mol. The van der Waals surface area contributed by atoms with Gasteiger partial charge >= 0.3 is 0 Å². The van der Waals surface area contributed by atoms with Gasteiger partial charge in [-0.05, 0) is 45.3 Å². The molecule has 0 radical (unpaired) electrons. The fourth-order valence-electron chi connectivity index (χ4n) is 2.27.